The Morgan fingerprint density at radius 3 is 2.36 bits per heavy atom. The topological polar surface area (TPSA) is 15.3 Å². The molecule has 14 heavy (non-hydrogen) atoms. The van der Waals surface area contributed by atoms with Crippen LogP contribution in [0.4, 0.5) is 0 Å². The number of likely N-dealkylation sites (N-methyl/N-ethyl adjacent to an activating group) is 2. The Morgan fingerprint density at radius 1 is 1.29 bits per heavy atom. The van der Waals surface area contributed by atoms with Crippen LogP contribution in [0.15, 0.2) is 0 Å². The summed E-state index contributed by atoms with van der Waals surface area (Å²) < 4.78 is 2.65. The Hall–Kier alpha value is 0.137. The van der Waals surface area contributed by atoms with Crippen molar-refractivity contribution >= 4 is 8.24 Å². The van der Waals surface area contributed by atoms with Crippen molar-refractivity contribution in [2.45, 2.75) is 44.3 Å². The monoisotopic (exact) mass is 214 g/mol. The van der Waals surface area contributed by atoms with E-state index < -0.39 is 8.24 Å². The summed E-state index contributed by atoms with van der Waals surface area (Å²) in [6, 6.07) is 0. The van der Waals surface area contributed by atoms with E-state index in [-0.39, 0.29) is 0 Å². The van der Waals surface area contributed by atoms with E-state index in [1.165, 1.54) is 32.2 Å². The van der Waals surface area contributed by atoms with Crippen LogP contribution >= 0.6 is 0 Å². The smallest absolute Gasteiger partial charge is 0.125 e. The molecular formula is C11H26N2Si. The summed E-state index contributed by atoms with van der Waals surface area (Å²) in [6.45, 7) is 7.42. The van der Waals surface area contributed by atoms with Gasteiger partial charge < -0.3 is 9.88 Å². The quantitative estimate of drug-likeness (QED) is 0.707. The van der Waals surface area contributed by atoms with Crippen molar-refractivity contribution in [3.63, 3.8) is 0 Å². The minimum atomic E-state index is -1.12. The standard InChI is InChI=1S/C11H26N2Si/c1-12-9-10-13(2)14(3,4)11-7-5-6-8-11/h11-12H,5-10H2,1-4H3. The van der Waals surface area contributed by atoms with Gasteiger partial charge in [-0.15, -0.1) is 0 Å². The van der Waals surface area contributed by atoms with Crippen molar-refractivity contribution < 1.29 is 0 Å². The minimum Gasteiger partial charge on any atom is -0.325 e. The van der Waals surface area contributed by atoms with Crippen molar-refractivity contribution in [3.8, 4) is 0 Å². The predicted octanol–water partition coefficient (Wildman–Crippen LogP) is 2.29. The summed E-state index contributed by atoms with van der Waals surface area (Å²) in [4.78, 5) is 0. The van der Waals surface area contributed by atoms with Gasteiger partial charge in [-0.25, -0.2) is 0 Å². The van der Waals surface area contributed by atoms with E-state index in [0.717, 1.165) is 12.1 Å². The molecule has 0 unspecified atom stereocenters. The molecule has 2 nitrogen and oxygen atoms in total. The highest BCUT2D eigenvalue weighted by Crippen LogP contribution is 2.39. The zero-order valence-electron chi connectivity index (χ0n) is 10.3. The summed E-state index contributed by atoms with van der Waals surface area (Å²) in [7, 11) is 3.24. The molecule has 1 N–H and O–H groups in total. The van der Waals surface area contributed by atoms with Gasteiger partial charge >= 0.3 is 0 Å². The molecule has 0 aliphatic heterocycles. The number of nitrogens with zero attached hydrogens (tertiary/aromatic N) is 1. The molecule has 1 rings (SSSR count). The van der Waals surface area contributed by atoms with E-state index in [9.17, 15) is 0 Å². The van der Waals surface area contributed by atoms with Gasteiger partial charge in [-0.1, -0.05) is 38.8 Å². The van der Waals surface area contributed by atoms with Crippen molar-refractivity contribution in [2.75, 3.05) is 27.2 Å². The zero-order chi connectivity index (χ0) is 10.6. The lowest BCUT2D eigenvalue weighted by molar-refractivity contribution is 0.480. The SMILES string of the molecule is CNCCN(C)[Si](C)(C)C1CCCC1. The first-order valence-electron chi connectivity index (χ1n) is 5.95. The summed E-state index contributed by atoms with van der Waals surface area (Å²) in [5.74, 6) is 0. The van der Waals surface area contributed by atoms with E-state index in [1.807, 2.05) is 7.05 Å². The van der Waals surface area contributed by atoms with E-state index in [1.54, 1.807) is 0 Å². The first-order chi connectivity index (χ1) is 6.59. The molecule has 0 atom stereocenters. The predicted molar refractivity (Wildman–Crippen MR) is 66.3 cm³/mol. The van der Waals surface area contributed by atoms with Crippen LogP contribution in [0.5, 0.6) is 0 Å². The Balaban J connectivity index is 2.44. The van der Waals surface area contributed by atoms with Crippen LogP contribution in [-0.2, 0) is 0 Å². The molecule has 1 aliphatic rings. The maximum absolute atomic E-state index is 3.24. The number of hydrogen-bond donors (Lipinski definition) is 1. The molecule has 1 aliphatic carbocycles. The molecule has 0 radical (unpaired) electrons. The molecule has 84 valence electrons. The maximum atomic E-state index is 3.24. The molecule has 0 amide bonds. The van der Waals surface area contributed by atoms with Crippen molar-refractivity contribution in [1.82, 2.24) is 9.88 Å². The molecule has 0 bridgehead atoms. The van der Waals surface area contributed by atoms with Crippen LogP contribution in [0, 0.1) is 0 Å². The summed E-state index contributed by atoms with van der Waals surface area (Å²) in [6.07, 6.45) is 5.92. The van der Waals surface area contributed by atoms with Gasteiger partial charge in [-0.05, 0) is 19.6 Å². The molecule has 0 aromatic rings. The fraction of sp³-hybridized carbons (Fsp3) is 1.00. The van der Waals surface area contributed by atoms with Gasteiger partial charge in [0.15, 0.2) is 0 Å². The van der Waals surface area contributed by atoms with Crippen LogP contribution in [0.2, 0.25) is 18.6 Å². The van der Waals surface area contributed by atoms with Crippen LogP contribution in [0.25, 0.3) is 0 Å². The van der Waals surface area contributed by atoms with E-state index in [0.29, 0.717) is 0 Å². The van der Waals surface area contributed by atoms with Crippen molar-refractivity contribution in [1.29, 1.82) is 0 Å². The highest BCUT2D eigenvalue weighted by atomic mass is 28.3. The number of nitrogens with one attached hydrogen (secondary N) is 1. The summed E-state index contributed by atoms with van der Waals surface area (Å²) in [5, 5.41) is 3.24. The van der Waals surface area contributed by atoms with Crippen LogP contribution in [0.3, 0.4) is 0 Å². The first kappa shape index (κ1) is 12.2. The number of rotatable bonds is 5. The fourth-order valence-electron chi connectivity index (χ4n) is 2.51. The summed E-state index contributed by atoms with van der Waals surface area (Å²) >= 11 is 0. The lowest BCUT2D eigenvalue weighted by atomic mass is 10.4. The lowest BCUT2D eigenvalue weighted by Crippen LogP contribution is -2.51. The van der Waals surface area contributed by atoms with Crippen molar-refractivity contribution in [3.05, 3.63) is 0 Å². The fourth-order valence-corrected chi connectivity index (χ4v) is 5.64. The molecule has 3 heteroatoms. The third-order valence-corrected chi connectivity index (χ3v) is 8.80. The van der Waals surface area contributed by atoms with E-state index in [4.69, 9.17) is 0 Å². The molecule has 0 heterocycles. The first-order valence-corrected chi connectivity index (χ1v) is 8.97. The van der Waals surface area contributed by atoms with Crippen molar-refractivity contribution in [2.24, 2.45) is 0 Å². The van der Waals surface area contributed by atoms with E-state index in [2.05, 4.69) is 30.0 Å². The molecule has 0 spiro atoms. The molecule has 0 saturated heterocycles. The van der Waals surface area contributed by atoms with Crippen LogP contribution in [0.1, 0.15) is 25.7 Å². The van der Waals surface area contributed by atoms with Crippen LogP contribution < -0.4 is 5.32 Å². The Kier molecular flexibility index (Phi) is 4.61. The lowest BCUT2D eigenvalue weighted by Gasteiger charge is -2.38. The highest BCUT2D eigenvalue weighted by Gasteiger charge is 2.36. The van der Waals surface area contributed by atoms with Gasteiger partial charge in [0.1, 0.15) is 8.24 Å². The van der Waals surface area contributed by atoms with Gasteiger partial charge in [0.05, 0.1) is 0 Å². The highest BCUT2D eigenvalue weighted by molar-refractivity contribution is 6.76. The summed E-state index contributed by atoms with van der Waals surface area (Å²) in [5.41, 5.74) is 1.05. The average molecular weight is 214 g/mol. The van der Waals surface area contributed by atoms with Gasteiger partial charge in [-0.2, -0.15) is 0 Å². The normalized spacial score (nSPS) is 19.5. The van der Waals surface area contributed by atoms with E-state index >= 15 is 0 Å². The molecule has 0 aromatic carbocycles. The number of hydrogen-bond acceptors (Lipinski definition) is 2. The largest absolute Gasteiger partial charge is 0.325 e. The zero-order valence-corrected chi connectivity index (χ0v) is 11.3. The Morgan fingerprint density at radius 2 is 1.86 bits per heavy atom. The third kappa shape index (κ3) is 2.81. The average Bonchev–Trinajstić information content (AvgIpc) is 2.67. The van der Waals surface area contributed by atoms with Gasteiger partial charge in [0, 0.05) is 13.1 Å². The van der Waals surface area contributed by atoms with Gasteiger partial charge in [0.2, 0.25) is 0 Å². The molecular weight excluding hydrogens is 188 g/mol. The molecule has 1 saturated carbocycles. The Labute approximate surface area is 90.2 Å². The third-order valence-electron chi connectivity index (χ3n) is 4.04. The second kappa shape index (κ2) is 5.28. The minimum absolute atomic E-state index is 1.05. The Bertz CT molecular complexity index is 165. The van der Waals surface area contributed by atoms with Gasteiger partial charge in [0.25, 0.3) is 0 Å². The second-order valence-electron chi connectivity index (χ2n) is 5.16. The molecule has 1 fully saturated rings. The second-order valence-corrected chi connectivity index (χ2v) is 10.0. The molecule has 0 aromatic heterocycles. The van der Waals surface area contributed by atoms with Gasteiger partial charge in [-0.3, -0.25) is 0 Å². The maximum Gasteiger partial charge on any atom is 0.125 e. The van der Waals surface area contributed by atoms with Crippen LogP contribution in [-0.4, -0.2) is 40.0 Å².